The van der Waals surface area contributed by atoms with E-state index in [0.717, 1.165) is 16.2 Å². The third-order valence-corrected chi connectivity index (χ3v) is 9.84. The maximum atomic E-state index is 13.4. The second-order valence-electron chi connectivity index (χ2n) is 8.70. The Morgan fingerprint density at radius 1 is 1.02 bits per heavy atom. The number of thioether (sulfide) groups is 2. The standard InChI is InChI=1S/C23H21N7O7S3/c1-3-8-5-38-20-12(26-16(31)11(28-37)10-7-40-23(24)25-10)18(33)29(20)14(8)17(32)27-13-19(34)30-15(22(35)36)9(4-2)6-39-21(13)30/h3-4,7,12-13,20-21,37H,1-2,5-6H2,(H2,24,25)(H,26,31)(H,27,32)(H,35,36)/b28-11-/t12-,13-,20-,21-/m1/s1. The molecule has 4 aliphatic rings. The quantitative estimate of drug-likeness (QED) is 0.112. The fraction of sp³-hybridized carbons (Fsp3) is 0.261. The highest BCUT2D eigenvalue weighted by molar-refractivity contribution is 8.00. The Morgan fingerprint density at radius 3 is 2.08 bits per heavy atom. The summed E-state index contributed by atoms with van der Waals surface area (Å²) in [5.74, 6) is -3.44. The van der Waals surface area contributed by atoms with Crippen LogP contribution in [0.1, 0.15) is 5.69 Å². The summed E-state index contributed by atoms with van der Waals surface area (Å²) in [5, 5.41) is 27.4. The molecule has 0 spiro atoms. The van der Waals surface area contributed by atoms with Gasteiger partial charge in [0, 0.05) is 16.9 Å². The van der Waals surface area contributed by atoms with Crippen LogP contribution in [0.3, 0.4) is 0 Å². The first-order valence-electron chi connectivity index (χ1n) is 11.5. The molecule has 4 amide bonds. The molecule has 208 valence electrons. The lowest BCUT2D eigenvalue weighted by Crippen LogP contribution is -2.73. The number of hydrogen-bond donors (Lipinski definition) is 5. The summed E-state index contributed by atoms with van der Waals surface area (Å²) in [6.07, 6.45) is 2.83. The Kier molecular flexibility index (Phi) is 7.19. The average molecular weight is 604 g/mol. The van der Waals surface area contributed by atoms with Crippen molar-refractivity contribution in [3.05, 3.63) is 58.9 Å². The van der Waals surface area contributed by atoms with E-state index in [4.69, 9.17) is 5.73 Å². The first-order valence-corrected chi connectivity index (χ1v) is 14.5. The lowest BCUT2D eigenvalue weighted by Gasteiger charge is -2.51. The minimum absolute atomic E-state index is 0.00888. The molecule has 14 nitrogen and oxygen atoms in total. The maximum Gasteiger partial charge on any atom is 0.352 e. The van der Waals surface area contributed by atoms with Gasteiger partial charge in [0.2, 0.25) is 0 Å². The van der Waals surface area contributed by atoms with E-state index in [1.165, 1.54) is 46.0 Å². The lowest BCUT2D eigenvalue weighted by atomic mass is 10.00. The third-order valence-electron chi connectivity index (χ3n) is 6.56. The number of carbonyl (C=O) groups is 5. The van der Waals surface area contributed by atoms with Gasteiger partial charge in [-0.25, -0.2) is 9.78 Å². The summed E-state index contributed by atoms with van der Waals surface area (Å²) < 4.78 is 0. The van der Waals surface area contributed by atoms with Gasteiger partial charge in [0.15, 0.2) is 10.8 Å². The van der Waals surface area contributed by atoms with E-state index in [1.807, 2.05) is 0 Å². The zero-order valence-electron chi connectivity index (χ0n) is 20.4. The van der Waals surface area contributed by atoms with Crippen LogP contribution in [0.5, 0.6) is 0 Å². The van der Waals surface area contributed by atoms with Gasteiger partial charge < -0.3 is 26.7 Å². The van der Waals surface area contributed by atoms with Gasteiger partial charge in [0.05, 0.1) is 0 Å². The Labute approximate surface area is 238 Å². The van der Waals surface area contributed by atoms with Crippen LogP contribution in [0.2, 0.25) is 0 Å². The van der Waals surface area contributed by atoms with Crippen molar-refractivity contribution < 1.29 is 34.3 Å². The number of nitrogen functional groups attached to an aromatic ring is 1. The summed E-state index contributed by atoms with van der Waals surface area (Å²) in [7, 11) is 0. The summed E-state index contributed by atoms with van der Waals surface area (Å²) in [5.41, 5.74) is 5.88. The predicted molar refractivity (Wildman–Crippen MR) is 147 cm³/mol. The van der Waals surface area contributed by atoms with Crippen molar-refractivity contribution in [2.45, 2.75) is 22.8 Å². The largest absolute Gasteiger partial charge is 0.477 e. The highest BCUT2D eigenvalue weighted by Gasteiger charge is 2.57. The van der Waals surface area contributed by atoms with Crippen molar-refractivity contribution in [2.24, 2.45) is 5.16 Å². The Bertz CT molecular complexity index is 1480. The molecule has 0 saturated carbocycles. The SMILES string of the molecule is C=CC1=C(C(=O)O)N2C(=O)[C@@H](NC(=O)C3=C(C=C)CS[C@@H]4[C@H](NC(=O)/C(=N\O)c5csc(N)n5)C(=O)N34)[C@H]2SC1. The topological polar surface area (TPSA) is 208 Å². The molecule has 5 heterocycles. The van der Waals surface area contributed by atoms with Gasteiger partial charge in [0.25, 0.3) is 23.6 Å². The number of oxime groups is 1. The van der Waals surface area contributed by atoms with E-state index >= 15 is 0 Å². The number of fused-ring (bicyclic) bond motifs is 2. The average Bonchev–Trinajstić information content (AvgIpc) is 3.38. The summed E-state index contributed by atoms with van der Waals surface area (Å²) in [6.45, 7) is 7.33. The van der Waals surface area contributed by atoms with Gasteiger partial charge in [-0.15, -0.1) is 34.9 Å². The molecule has 0 bridgehead atoms. The number of nitrogens with one attached hydrogen (secondary N) is 2. The molecule has 2 fully saturated rings. The number of rotatable bonds is 8. The number of anilines is 1. The van der Waals surface area contributed by atoms with E-state index in [9.17, 15) is 34.3 Å². The molecule has 1 aromatic heterocycles. The van der Waals surface area contributed by atoms with Crippen LogP contribution >= 0.6 is 34.9 Å². The number of allylic oxidation sites excluding steroid dienone is 2. The monoisotopic (exact) mass is 603 g/mol. The van der Waals surface area contributed by atoms with Crippen molar-refractivity contribution in [3.8, 4) is 0 Å². The molecule has 0 unspecified atom stereocenters. The molecular weight excluding hydrogens is 582 g/mol. The van der Waals surface area contributed by atoms with Gasteiger partial charge in [-0.1, -0.05) is 30.5 Å². The van der Waals surface area contributed by atoms with Gasteiger partial charge in [-0.3, -0.25) is 29.0 Å². The molecule has 17 heteroatoms. The van der Waals surface area contributed by atoms with Crippen LogP contribution in [-0.4, -0.2) is 94.7 Å². The molecule has 4 aliphatic heterocycles. The molecule has 0 aromatic carbocycles. The van der Waals surface area contributed by atoms with Crippen molar-refractivity contribution >= 4 is 75.3 Å². The molecular formula is C23H21N7O7S3. The van der Waals surface area contributed by atoms with E-state index < -0.39 is 58.1 Å². The normalized spacial score (nSPS) is 25.9. The summed E-state index contributed by atoms with van der Waals surface area (Å²) in [6, 6.07) is -2.04. The maximum absolute atomic E-state index is 13.4. The van der Waals surface area contributed by atoms with Crippen molar-refractivity contribution in [1.29, 1.82) is 0 Å². The molecule has 40 heavy (non-hydrogen) atoms. The first-order chi connectivity index (χ1) is 19.1. The van der Waals surface area contributed by atoms with Crippen molar-refractivity contribution in [3.63, 3.8) is 0 Å². The Hall–Kier alpha value is -4.09. The number of carboxylic acids is 1. The van der Waals surface area contributed by atoms with Crippen molar-refractivity contribution in [1.82, 2.24) is 25.4 Å². The number of hydrogen-bond acceptors (Lipinski definition) is 12. The number of amides is 4. The molecule has 6 N–H and O–H groups in total. The number of nitrogens with two attached hydrogens (primary N) is 1. The number of nitrogens with zero attached hydrogens (tertiary/aromatic N) is 4. The number of carboxylic acid groups (broad SMARTS) is 1. The first kappa shape index (κ1) is 27.5. The number of thiazole rings is 1. The van der Waals surface area contributed by atoms with Crippen LogP contribution in [0.25, 0.3) is 0 Å². The van der Waals surface area contributed by atoms with Gasteiger partial charge in [0.1, 0.15) is 39.9 Å². The fourth-order valence-electron chi connectivity index (χ4n) is 4.64. The summed E-state index contributed by atoms with van der Waals surface area (Å²) in [4.78, 5) is 70.3. The highest BCUT2D eigenvalue weighted by Crippen LogP contribution is 2.43. The van der Waals surface area contributed by atoms with Crippen LogP contribution in [-0.2, 0) is 24.0 Å². The van der Waals surface area contributed by atoms with Crippen molar-refractivity contribution in [2.75, 3.05) is 17.2 Å². The Morgan fingerprint density at radius 2 is 1.57 bits per heavy atom. The highest BCUT2D eigenvalue weighted by atomic mass is 32.2. The zero-order chi connectivity index (χ0) is 28.9. The van der Waals surface area contributed by atoms with Gasteiger partial charge in [-0.05, 0) is 11.1 Å². The molecule has 0 aliphatic carbocycles. The molecule has 0 radical (unpaired) electrons. The third kappa shape index (κ3) is 4.25. The lowest BCUT2D eigenvalue weighted by molar-refractivity contribution is -0.151. The minimum atomic E-state index is -1.27. The zero-order valence-corrected chi connectivity index (χ0v) is 22.8. The van der Waals surface area contributed by atoms with Crippen LogP contribution in [0.4, 0.5) is 5.13 Å². The van der Waals surface area contributed by atoms with Gasteiger partial charge in [-0.2, -0.15) is 0 Å². The molecule has 2 saturated heterocycles. The predicted octanol–water partition coefficient (Wildman–Crippen LogP) is -0.332. The second-order valence-corrected chi connectivity index (χ2v) is 11.8. The minimum Gasteiger partial charge on any atom is -0.477 e. The number of aliphatic carboxylic acids is 1. The van der Waals surface area contributed by atoms with E-state index in [0.29, 0.717) is 16.9 Å². The van der Waals surface area contributed by atoms with Crippen LogP contribution in [0, 0.1) is 0 Å². The van der Waals surface area contributed by atoms with Gasteiger partial charge >= 0.3 is 5.97 Å². The van der Waals surface area contributed by atoms with E-state index in [1.54, 1.807) is 0 Å². The van der Waals surface area contributed by atoms with E-state index in [-0.39, 0.29) is 28.0 Å². The smallest absolute Gasteiger partial charge is 0.352 e. The summed E-state index contributed by atoms with van der Waals surface area (Å²) >= 11 is 3.62. The molecule has 4 atom stereocenters. The second kappa shape index (κ2) is 10.5. The van der Waals surface area contributed by atoms with Crippen LogP contribution < -0.4 is 16.4 Å². The number of β-lactam (4-membered cyclic amide) rings is 2. The number of aromatic nitrogens is 1. The van der Waals surface area contributed by atoms with E-state index in [2.05, 4.69) is 33.9 Å². The molecule has 1 aromatic rings. The Balaban J connectivity index is 1.31. The van der Waals surface area contributed by atoms with Crippen LogP contribution in [0.15, 0.2) is 58.4 Å². The fourth-order valence-corrected chi connectivity index (χ4v) is 7.87. The molecule has 5 rings (SSSR count). The number of carbonyl (C=O) groups excluding carboxylic acids is 4.